The summed E-state index contributed by atoms with van der Waals surface area (Å²) >= 11 is 9.89. The number of para-hydroxylation sites is 1. The molecule has 0 aliphatic rings. The Morgan fingerprint density at radius 1 is 0.355 bits per heavy atom. The molecular formula is C72H69ClN2S. The smallest absolute Gasteiger partial charge is 0.0881 e. The van der Waals surface area contributed by atoms with Gasteiger partial charge >= 0.3 is 0 Å². The van der Waals surface area contributed by atoms with Gasteiger partial charge in [0.1, 0.15) is 0 Å². The van der Waals surface area contributed by atoms with E-state index in [-0.39, 0.29) is 21.7 Å². The van der Waals surface area contributed by atoms with E-state index in [2.05, 4.69) is 287 Å². The summed E-state index contributed by atoms with van der Waals surface area (Å²) < 4.78 is 1.23. The van der Waals surface area contributed by atoms with Crippen LogP contribution in [0.2, 0.25) is 5.02 Å². The van der Waals surface area contributed by atoms with E-state index in [1.807, 2.05) is 0 Å². The van der Waals surface area contributed by atoms with Crippen LogP contribution < -0.4 is 10.2 Å². The molecule has 0 saturated carbocycles. The molecule has 1 heterocycles. The Hall–Kier alpha value is -7.17. The number of halogens is 1. The van der Waals surface area contributed by atoms with Gasteiger partial charge in [-0.25, -0.2) is 0 Å². The Kier molecular flexibility index (Phi) is 12.8. The average Bonchev–Trinajstić information content (AvgIpc) is 3.83. The SMILES string of the molecule is CC(C)(C)c1ccc(-c2cccc(-c3ccc(C(C)(C)C)cc3)c2Nc2cccc(N(c3ccc(C(C)(C)C)cc3-c3ccc4c5ccccc5c5ccccc5c4c3)c3csc4ccc(C(C)(C)C)cc34)c2Cl)cc1. The molecule has 0 aliphatic heterocycles. The maximum absolute atomic E-state index is 8.11. The van der Waals surface area contributed by atoms with Crippen molar-refractivity contribution in [2.45, 2.75) is 105 Å². The molecule has 11 aromatic rings. The molecule has 11 rings (SSSR count). The molecule has 76 heavy (non-hydrogen) atoms. The molecule has 0 unspecified atom stereocenters. The molecule has 0 spiro atoms. The molecular weight excluding hydrogens is 960 g/mol. The number of benzene rings is 10. The van der Waals surface area contributed by atoms with E-state index in [0.717, 1.165) is 61.8 Å². The summed E-state index contributed by atoms with van der Waals surface area (Å²) in [5.41, 5.74) is 16.7. The highest BCUT2D eigenvalue weighted by atomic mass is 35.5. The lowest BCUT2D eigenvalue weighted by molar-refractivity contribution is 0.590. The van der Waals surface area contributed by atoms with Crippen LogP contribution >= 0.6 is 22.9 Å². The van der Waals surface area contributed by atoms with E-state index in [9.17, 15) is 0 Å². The quantitative estimate of drug-likeness (QED) is 0.153. The summed E-state index contributed by atoms with van der Waals surface area (Å²) in [6, 6.07) is 70.1. The predicted molar refractivity (Wildman–Crippen MR) is 335 cm³/mol. The number of hydrogen-bond donors (Lipinski definition) is 1. The van der Waals surface area contributed by atoms with E-state index in [4.69, 9.17) is 11.6 Å². The fourth-order valence-corrected chi connectivity index (χ4v) is 12.1. The summed E-state index contributed by atoms with van der Waals surface area (Å²) in [5, 5.41) is 15.7. The third-order valence-corrected chi connectivity index (χ3v) is 16.8. The van der Waals surface area contributed by atoms with Crippen molar-refractivity contribution in [3.63, 3.8) is 0 Å². The highest BCUT2D eigenvalue weighted by molar-refractivity contribution is 7.17. The van der Waals surface area contributed by atoms with Gasteiger partial charge in [0.25, 0.3) is 0 Å². The van der Waals surface area contributed by atoms with Crippen molar-refractivity contribution >= 4 is 93.8 Å². The molecule has 0 aliphatic carbocycles. The summed E-state index contributed by atoms with van der Waals surface area (Å²) in [5.74, 6) is 0. The Balaban J connectivity index is 1.15. The molecule has 10 aromatic carbocycles. The summed E-state index contributed by atoms with van der Waals surface area (Å²) in [6.45, 7) is 27.4. The van der Waals surface area contributed by atoms with Gasteiger partial charge in [-0.05, 0) is 135 Å². The number of thiophene rings is 1. The Bertz CT molecular complexity index is 3890. The number of rotatable bonds is 8. The van der Waals surface area contributed by atoms with Gasteiger partial charge in [-0.3, -0.25) is 0 Å². The van der Waals surface area contributed by atoms with E-state index in [1.54, 1.807) is 11.3 Å². The van der Waals surface area contributed by atoms with Crippen LogP contribution in [-0.2, 0) is 21.7 Å². The summed E-state index contributed by atoms with van der Waals surface area (Å²) in [7, 11) is 0. The molecule has 0 amide bonds. The van der Waals surface area contributed by atoms with Crippen molar-refractivity contribution in [2.24, 2.45) is 0 Å². The largest absolute Gasteiger partial charge is 0.353 e. The number of nitrogens with one attached hydrogen (secondary N) is 1. The summed E-state index contributed by atoms with van der Waals surface area (Å²) in [6.07, 6.45) is 0. The third-order valence-electron chi connectivity index (χ3n) is 15.5. The first-order valence-corrected chi connectivity index (χ1v) is 28.1. The first-order valence-electron chi connectivity index (χ1n) is 26.8. The van der Waals surface area contributed by atoms with Gasteiger partial charge < -0.3 is 10.2 Å². The van der Waals surface area contributed by atoms with Gasteiger partial charge in [-0.15, -0.1) is 11.3 Å². The zero-order chi connectivity index (χ0) is 53.5. The minimum atomic E-state index is -0.110. The van der Waals surface area contributed by atoms with Crippen LogP contribution in [0.1, 0.15) is 105 Å². The molecule has 4 heteroatoms. The zero-order valence-electron chi connectivity index (χ0n) is 46.2. The van der Waals surface area contributed by atoms with Crippen molar-refractivity contribution < 1.29 is 0 Å². The molecule has 2 nitrogen and oxygen atoms in total. The normalized spacial score (nSPS) is 12.5. The van der Waals surface area contributed by atoms with Crippen molar-refractivity contribution in [1.29, 1.82) is 0 Å². The maximum Gasteiger partial charge on any atom is 0.0881 e. The molecule has 380 valence electrons. The van der Waals surface area contributed by atoms with Crippen LogP contribution in [0, 0.1) is 0 Å². The van der Waals surface area contributed by atoms with Crippen LogP contribution in [0.25, 0.3) is 75.8 Å². The minimum Gasteiger partial charge on any atom is -0.353 e. The topological polar surface area (TPSA) is 15.3 Å². The maximum atomic E-state index is 8.11. The molecule has 0 atom stereocenters. The van der Waals surface area contributed by atoms with Gasteiger partial charge in [-0.1, -0.05) is 240 Å². The lowest BCUT2D eigenvalue weighted by Gasteiger charge is -2.31. The predicted octanol–water partition coefficient (Wildman–Crippen LogP) is 22.4. The third kappa shape index (κ3) is 9.48. The van der Waals surface area contributed by atoms with Gasteiger partial charge in [0, 0.05) is 32.2 Å². The lowest BCUT2D eigenvalue weighted by atomic mass is 9.84. The van der Waals surface area contributed by atoms with Gasteiger partial charge in [0.15, 0.2) is 0 Å². The monoisotopic (exact) mass is 1030 g/mol. The van der Waals surface area contributed by atoms with Crippen LogP contribution in [0.4, 0.5) is 28.4 Å². The highest BCUT2D eigenvalue weighted by Gasteiger charge is 2.28. The van der Waals surface area contributed by atoms with Crippen molar-refractivity contribution in [1.82, 2.24) is 0 Å². The average molecular weight is 1030 g/mol. The van der Waals surface area contributed by atoms with Gasteiger partial charge in [-0.2, -0.15) is 0 Å². The van der Waals surface area contributed by atoms with Gasteiger partial charge in [0.2, 0.25) is 0 Å². The fraction of sp³-hybridized carbons (Fsp3) is 0.222. The Labute approximate surface area is 460 Å². The minimum absolute atomic E-state index is 0.0304. The number of nitrogens with zero attached hydrogens (tertiary/aromatic N) is 1. The number of hydrogen-bond acceptors (Lipinski definition) is 3. The Morgan fingerprint density at radius 3 is 1.36 bits per heavy atom. The van der Waals surface area contributed by atoms with Crippen LogP contribution in [0.15, 0.2) is 193 Å². The second kappa shape index (κ2) is 19.1. The van der Waals surface area contributed by atoms with E-state index in [0.29, 0.717) is 5.02 Å². The van der Waals surface area contributed by atoms with Crippen molar-refractivity contribution in [2.75, 3.05) is 10.2 Å². The molecule has 0 bridgehead atoms. The van der Waals surface area contributed by atoms with E-state index in [1.165, 1.54) is 64.7 Å². The van der Waals surface area contributed by atoms with E-state index < -0.39 is 0 Å². The first-order chi connectivity index (χ1) is 36.1. The highest BCUT2D eigenvalue weighted by Crippen LogP contribution is 2.52. The zero-order valence-corrected chi connectivity index (χ0v) is 47.8. The van der Waals surface area contributed by atoms with Crippen molar-refractivity contribution in [3.05, 3.63) is 221 Å². The Morgan fingerprint density at radius 2 is 0.816 bits per heavy atom. The first kappa shape index (κ1) is 51.0. The molecule has 0 fully saturated rings. The number of fused-ring (bicyclic) bond motifs is 7. The molecule has 1 N–H and O–H groups in total. The fourth-order valence-electron chi connectivity index (χ4n) is 10.9. The number of anilines is 5. The lowest BCUT2D eigenvalue weighted by Crippen LogP contribution is -2.15. The van der Waals surface area contributed by atoms with Crippen LogP contribution in [-0.4, -0.2) is 0 Å². The second-order valence-corrected chi connectivity index (χ2v) is 26.2. The molecule has 0 saturated heterocycles. The second-order valence-electron chi connectivity index (χ2n) is 24.9. The van der Waals surface area contributed by atoms with Crippen LogP contribution in [0.5, 0.6) is 0 Å². The summed E-state index contributed by atoms with van der Waals surface area (Å²) in [4.78, 5) is 2.44. The molecule has 0 radical (unpaired) electrons. The van der Waals surface area contributed by atoms with Crippen LogP contribution in [0.3, 0.4) is 0 Å². The van der Waals surface area contributed by atoms with Gasteiger partial charge in [0.05, 0.1) is 33.5 Å². The van der Waals surface area contributed by atoms with Crippen molar-refractivity contribution in [3.8, 4) is 33.4 Å². The standard InChI is InChI=1S/C72H69ClN2S/c1-69(2,3)48-32-27-45(28-33-48)52-23-17-24-53(46-29-34-49(35-30-46)70(4,5)6)68(52)74-62-25-18-26-64(67(62)73)75(65-44-76-66-40-37-51(43-61(65)66)72(10,11)12)63-39-36-50(71(7,8)9)42-59(63)47-31-38-58-56-21-14-13-19-54(56)55-20-15-16-22-57(55)60(58)41-47/h13-44,74H,1-12H3. The molecule has 1 aromatic heterocycles. The van der Waals surface area contributed by atoms with E-state index >= 15 is 0 Å².